The number of rotatable bonds is 4. The molecule has 0 fully saturated rings. The van der Waals surface area contributed by atoms with E-state index in [1.54, 1.807) is 0 Å². The predicted octanol–water partition coefficient (Wildman–Crippen LogP) is 3.56. The van der Waals surface area contributed by atoms with E-state index in [-0.39, 0.29) is 0 Å². The molecule has 0 aromatic carbocycles. The van der Waals surface area contributed by atoms with Crippen molar-refractivity contribution in [3.63, 3.8) is 0 Å². The van der Waals surface area contributed by atoms with Crippen molar-refractivity contribution in [2.75, 3.05) is 6.54 Å². The highest BCUT2D eigenvalue weighted by molar-refractivity contribution is 4.86. The van der Waals surface area contributed by atoms with Crippen molar-refractivity contribution in [2.24, 2.45) is 5.92 Å². The third-order valence-electron chi connectivity index (χ3n) is 1.76. The Bertz CT molecular complexity index is 130. The van der Waals surface area contributed by atoms with E-state index in [0.29, 0.717) is 0 Å². The van der Waals surface area contributed by atoms with Gasteiger partial charge >= 0.3 is 0 Å². The zero-order chi connectivity index (χ0) is 8.53. The van der Waals surface area contributed by atoms with Gasteiger partial charge < -0.3 is 0 Å². The smallest absolute Gasteiger partial charge is 0.0840 e. The summed E-state index contributed by atoms with van der Waals surface area (Å²) in [6, 6.07) is 3.07. The van der Waals surface area contributed by atoms with Gasteiger partial charge in [0.25, 0.3) is 12.6 Å². The van der Waals surface area contributed by atoms with Gasteiger partial charge in [0.15, 0.2) is 0 Å². The SMILES string of the molecule is CCCCC(C)CC#[N+]CC. The molecule has 0 saturated carbocycles. The molecule has 0 aliphatic rings. The van der Waals surface area contributed by atoms with Gasteiger partial charge in [-0.15, -0.1) is 0 Å². The standard InChI is InChI=1S/C10H20N/c1-4-6-7-10(3)8-9-11-5-2/h10H,4-8H2,1-3H3/q+1. The lowest BCUT2D eigenvalue weighted by molar-refractivity contribution is 0.517. The molecule has 0 aliphatic carbocycles. The first kappa shape index (κ1) is 10.5. The van der Waals surface area contributed by atoms with Crippen LogP contribution in [-0.2, 0) is 0 Å². The molecule has 0 aliphatic heterocycles. The van der Waals surface area contributed by atoms with E-state index < -0.39 is 0 Å². The number of hydrogen-bond acceptors (Lipinski definition) is 0. The first-order valence-corrected chi connectivity index (χ1v) is 4.70. The zero-order valence-electron chi connectivity index (χ0n) is 8.06. The zero-order valence-corrected chi connectivity index (χ0v) is 8.06. The Balaban J connectivity index is 3.28. The highest BCUT2D eigenvalue weighted by Crippen LogP contribution is 2.10. The van der Waals surface area contributed by atoms with Crippen LogP contribution in [0.15, 0.2) is 0 Å². The summed E-state index contributed by atoms with van der Waals surface area (Å²) in [5.74, 6) is 0.769. The Morgan fingerprint density at radius 1 is 1.36 bits per heavy atom. The lowest BCUT2D eigenvalue weighted by Gasteiger charge is -2.01. The summed E-state index contributed by atoms with van der Waals surface area (Å²) in [5, 5.41) is 0. The van der Waals surface area contributed by atoms with Crippen molar-refractivity contribution in [1.82, 2.24) is 0 Å². The van der Waals surface area contributed by atoms with Crippen molar-refractivity contribution >= 4 is 0 Å². The van der Waals surface area contributed by atoms with Crippen molar-refractivity contribution in [3.8, 4) is 6.07 Å². The van der Waals surface area contributed by atoms with Gasteiger partial charge in [0.1, 0.15) is 0 Å². The minimum atomic E-state index is 0.769. The van der Waals surface area contributed by atoms with Crippen molar-refractivity contribution in [1.29, 1.82) is 0 Å². The van der Waals surface area contributed by atoms with Gasteiger partial charge in [-0.05, 0) is 12.3 Å². The minimum Gasteiger partial charge on any atom is -0.0840 e. The molecule has 0 rings (SSSR count). The Labute approximate surface area is 70.6 Å². The van der Waals surface area contributed by atoms with Crippen molar-refractivity contribution in [3.05, 3.63) is 4.85 Å². The molecule has 0 spiro atoms. The molecule has 0 saturated heterocycles. The molecule has 0 aromatic rings. The number of unbranched alkanes of at least 4 members (excludes halogenated alkanes) is 1. The highest BCUT2D eigenvalue weighted by atomic mass is 14.6. The van der Waals surface area contributed by atoms with E-state index in [0.717, 1.165) is 18.9 Å². The van der Waals surface area contributed by atoms with Gasteiger partial charge in [0, 0.05) is 6.92 Å². The number of hydrogen-bond donors (Lipinski definition) is 0. The Hall–Kier alpha value is -0.510. The molecule has 0 N–H and O–H groups in total. The van der Waals surface area contributed by atoms with E-state index in [2.05, 4.69) is 24.8 Å². The van der Waals surface area contributed by atoms with Crippen LogP contribution in [0.3, 0.4) is 0 Å². The third kappa shape index (κ3) is 7.39. The Morgan fingerprint density at radius 3 is 2.64 bits per heavy atom. The van der Waals surface area contributed by atoms with Gasteiger partial charge in [-0.1, -0.05) is 31.5 Å². The van der Waals surface area contributed by atoms with E-state index in [9.17, 15) is 0 Å². The molecule has 1 heteroatoms. The first-order chi connectivity index (χ1) is 5.31. The molecule has 0 amide bonds. The van der Waals surface area contributed by atoms with Gasteiger partial charge in [0.05, 0.1) is 6.42 Å². The van der Waals surface area contributed by atoms with Gasteiger partial charge in [-0.25, -0.2) is 0 Å². The van der Waals surface area contributed by atoms with Crippen molar-refractivity contribution < 1.29 is 0 Å². The fraction of sp³-hybridized carbons (Fsp3) is 0.900. The van der Waals surface area contributed by atoms with Crippen LogP contribution in [0.2, 0.25) is 0 Å². The molecule has 0 heterocycles. The summed E-state index contributed by atoms with van der Waals surface area (Å²) >= 11 is 0. The molecule has 11 heavy (non-hydrogen) atoms. The molecule has 0 radical (unpaired) electrons. The Morgan fingerprint density at radius 2 is 2.09 bits per heavy atom. The Kier molecular flexibility index (Phi) is 7.24. The average Bonchev–Trinajstić information content (AvgIpc) is 2.01. The van der Waals surface area contributed by atoms with E-state index in [1.807, 2.05) is 6.92 Å². The van der Waals surface area contributed by atoms with Crippen LogP contribution in [0.5, 0.6) is 0 Å². The summed E-state index contributed by atoms with van der Waals surface area (Å²) in [5.41, 5.74) is 0. The fourth-order valence-electron chi connectivity index (χ4n) is 0.987. The van der Waals surface area contributed by atoms with E-state index >= 15 is 0 Å². The van der Waals surface area contributed by atoms with Crippen LogP contribution in [-0.4, -0.2) is 6.54 Å². The fourth-order valence-corrected chi connectivity index (χ4v) is 0.987. The second-order valence-electron chi connectivity index (χ2n) is 3.08. The topological polar surface area (TPSA) is 4.36 Å². The number of nitrogens with zero attached hydrogens (tertiary/aromatic N) is 1. The molecule has 64 valence electrons. The largest absolute Gasteiger partial charge is 0.273 e. The molecule has 1 nitrogen and oxygen atoms in total. The average molecular weight is 154 g/mol. The van der Waals surface area contributed by atoms with Gasteiger partial charge in [-0.3, -0.25) is 0 Å². The second-order valence-corrected chi connectivity index (χ2v) is 3.08. The normalized spacial score (nSPS) is 11.9. The second kappa shape index (κ2) is 7.60. The molecule has 0 aromatic heterocycles. The van der Waals surface area contributed by atoms with Crippen LogP contribution < -0.4 is 0 Å². The molecule has 1 unspecified atom stereocenters. The summed E-state index contributed by atoms with van der Waals surface area (Å²) in [6.45, 7) is 7.43. The minimum absolute atomic E-state index is 0.769. The van der Waals surface area contributed by atoms with E-state index in [1.165, 1.54) is 19.3 Å². The van der Waals surface area contributed by atoms with E-state index in [4.69, 9.17) is 0 Å². The predicted molar refractivity (Wildman–Crippen MR) is 51.1 cm³/mol. The monoisotopic (exact) mass is 154 g/mol. The molecule has 0 bridgehead atoms. The highest BCUT2D eigenvalue weighted by Gasteiger charge is 2.01. The summed E-state index contributed by atoms with van der Waals surface area (Å²) < 4.78 is 0. The quantitative estimate of drug-likeness (QED) is 0.583. The lowest BCUT2D eigenvalue weighted by atomic mass is 10.0. The van der Waals surface area contributed by atoms with Crippen LogP contribution in [0.1, 0.15) is 46.5 Å². The van der Waals surface area contributed by atoms with Crippen LogP contribution in [0, 0.1) is 12.0 Å². The molecule has 1 atom stereocenters. The summed E-state index contributed by atoms with van der Waals surface area (Å²) in [4.78, 5) is 4.07. The van der Waals surface area contributed by atoms with Crippen LogP contribution >= 0.6 is 0 Å². The maximum absolute atomic E-state index is 4.07. The lowest BCUT2D eigenvalue weighted by Crippen LogP contribution is -1.91. The van der Waals surface area contributed by atoms with Crippen molar-refractivity contribution in [2.45, 2.75) is 46.5 Å². The molecular formula is C10H20N+. The third-order valence-corrected chi connectivity index (χ3v) is 1.76. The van der Waals surface area contributed by atoms with Crippen LogP contribution in [0.4, 0.5) is 0 Å². The maximum atomic E-state index is 4.07. The molecular weight excluding hydrogens is 134 g/mol. The van der Waals surface area contributed by atoms with Gasteiger partial charge in [0.2, 0.25) is 0 Å². The van der Waals surface area contributed by atoms with Gasteiger partial charge in [-0.2, -0.15) is 0 Å². The maximum Gasteiger partial charge on any atom is 0.273 e. The summed E-state index contributed by atoms with van der Waals surface area (Å²) in [7, 11) is 0. The first-order valence-electron chi connectivity index (χ1n) is 4.70. The summed E-state index contributed by atoms with van der Waals surface area (Å²) in [6.07, 6.45) is 5.00. The van der Waals surface area contributed by atoms with Crippen LogP contribution in [0.25, 0.3) is 4.85 Å².